The van der Waals surface area contributed by atoms with Gasteiger partial charge < -0.3 is 0 Å². The van der Waals surface area contributed by atoms with E-state index in [9.17, 15) is 0 Å². The van der Waals surface area contributed by atoms with Crippen LogP contribution in [0.5, 0.6) is 0 Å². The Morgan fingerprint density at radius 1 is 0.274 bits per heavy atom. The van der Waals surface area contributed by atoms with E-state index in [2.05, 4.69) is 51.6 Å². The van der Waals surface area contributed by atoms with E-state index in [1.165, 1.54) is 0 Å². The molecule has 0 atom stereocenters. The Labute approximate surface area is 353 Å². The Bertz CT molecular complexity index is 3530. The number of fused-ring (bicyclic) bond motifs is 5. The zero-order chi connectivity index (χ0) is 41.0. The molecule has 0 bridgehead atoms. The Morgan fingerprint density at radius 2 is 0.871 bits per heavy atom. The van der Waals surface area contributed by atoms with Crippen molar-refractivity contribution in [3.63, 3.8) is 0 Å². The minimum atomic E-state index is 0.595. The molecule has 0 aliphatic carbocycles. The standard InChI is InChI=1S/C52H30N10/c1-4-14-34-31(11-1)25-28-54-51(34)49-45(41-22-21-32-12-3-6-16-36(32)58-41)47(43-20-10-27-56-61-43)48(44-30-55-37-17-7-8-18-39(37)60-44)50(52-35-15-5-2-13-33(35)29-57-62-52)46(49)42-24-23-38-40(59-42)19-9-26-53-38/h1-30H. The Hall–Kier alpha value is -8.76. The molecule has 0 spiro atoms. The van der Waals surface area contributed by atoms with Crippen LogP contribution in [0, 0.1) is 0 Å². The van der Waals surface area contributed by atoms with Crippen molar-refractivity contribution in [3.8, 4) is 67.5 Å². The highest BCUT2D eigenvalue weighted by molar-refractivity contribution is 6.18. The van der Waals surface area contributed by atoms with Gasteiger partial charge in [-0.05, 0) is 72.1 Å². The molecule has 0 aliphatic heterocycles. The van der Waals surface area contributed by atoms with Crippen LogP contribution in [0.4, 0.5) is 0 Å². The number of hydrogen-bond donors (Lipinski definition) is 0. The van der Waals surface area contributed by atoms with Crippen molar-refractivity contribution < 1.29 is 0 Å². The van der Waals surface area contributed by atoms with E-state index in [1.54, 1.807) is 18.6 Å². The van der Waals surface area contributed by atoms with Gasteiger partial charge in [-0.2, -0.15) is 15.3 Å². The normalized spacial score (nSPS) is 11.5. The van der Waals surface area contributed by atoms with Crippen LogP contribution < -0.4 is 0 Å². The summed E-state index contributed by atoms with van der Waals surface area (Å²) in [6, 6.07) is 50.5. The van der Waals surface area contributed by atoms with E-state index in [-0.39, 0.29) is 0 Å². The van der Waals surface area contributed by atoms with Crippen molar-refractivity contribution in [1.82, 2.24) is 50.3 Å². The van der Waals surface area contributed by atoms with Crippen molar-refractivity contribution in [3.05, 3.63) is 183 Å². The second-order valence-electron chi connectivity index (χ2n) is 14.9. The molecule has 62 heavy (non-hydrogen) atoms. The summed E-state index contributed by atoms with van der Waals surface area (Å²) in [6.45, 7) is 0. The Balaban J connectivity index is 1.40. The van der Waals surface area contributed by atoms with Gasteiger partial charge in [-0.1, -0.05) is 84.9 Å². The van der Waals surface area contributed by atoms with E-state index >= 15 is 0 Å². The second-order valence-corrected chi connectivity index (χ2v) is 14.9. The first-order chi connectivity index (χ1) is 30.8. The predicted octanol–water partition coefficient (Wildman–Crippen LogP) is 11.4. The summed E-state index contributed by atoms with van der Waals surface area (Å²) in [7, 11) is 0. The SMILES string of the molecule is c1cnnc(-c2c(-c3ccc4ccccc4n3)c(-c3nccc4ccccc34)c(-c3ccc4ncccc4n3)c(-c3nncc4ccccc34)c2-c2cnc3ccccc3n2)c1. The van der Waals surface area contributed by atoms with Crippen LogP contribution >= 0.6 is 0 Å². The van der Waals surface area contributed by atoms with Gasteiger partial charge >= 0.3 is 0 Å². The lowest BCUT2D eigenvalue weighted by Gasteiger charge is -2.27. The van der Waals surface area contributed by atoms with Crippen LogP contribution in [-0.4, -0.2) is 50.3 Å². The van der Waals surface area contributed by atoms with Gasteiger partial charge in [0.15, 0.2) is 0 Å². The first-order valence-corrected chi connectivity index (χ1v) is 20.1. The summed E-state index contributed by atoms with van der Waals surface area (Å²) in [5.74, 6) is 0. The molecule has 0 saturated heterocycles. The highest BCUT2D eigenvalue weighted by atomic mass is 15.1. The molecule has 5 aromatic carbocycles. The average Bonchev–Trinajstić information content (AvgIpc) is 3.35. The zero-order valence-electron chi connectivity index (χ0n) is 32.8. The average molecular weight is 795 g/mol. The minimum absolute atomic E-state index is 0.595. The molecule has 0 unspecified atom stereocenters. The number of pyridine rings is 4. The number of hydrogen-bond acceptors (Lipinski definition) is 10. The topological polar surface area (TPSA) is 129 Å². The van der Waals surface area contributed by atoms with Gasteiger partial charge in [-0.15, -0.1) is 5.10 Å². The molecule has 7 heterocycles. The summed E-state index contributed by atoms with van der Waals surface area (Å²) < 4.78 is 0. The zero-order valence-corrected chi connectivity index (χ0v) is 32.8. The quantitative estimate of drug-likeness (QED) is 0.160. The fourth-order valence-corrected chi connectivity index (χ4v) is 8.59. The number of nitrogens with zero attached hydrogens (tertiary/aromatic N) is 10. The molecule has 0 N–H and O–H groups in total. The van der Waals surface area contributed by atoms with E-state index in [4.69, 9.17) is 35.1 Å². The third kappa shape index (κ3) is 5.81. The number of rotatable bonds is 6. The Morgan fingerprint density at radius 3 is 1.71 bits per heavy atom. The maximum absolute atomic E-state index is 5.45. The van der Waals surface area contributed by atoms with Crippen molar-refractivity contribution in [2.75, 3.05) is 0 Å². The van der Waals surface area contributed by atoms with Crippen LogP contribution in [0.1, 0.15) is 0 Å². The summed E-state index contributed by atoms with van der Waals surface area (Å²) in [4.78, 5) is 31.2. The van der Waals surface area contributed by atoms with E-state index in [1.807, 2.05) is 128 Å². The Kier molecular flexibility index (Phi) is 8.24. The summed E-state index contributed by atoms with van der Waals surface area (Å²) >= 11 is 0. The van der Waals surface area contributed by atoms with E-state index in [0.29, 0.717) is 34.0 Å². The third-order valence-corrected chi connectivity index (χ3v) is 11.3. The molecule has 12 rings (SSSR count). The summed E-state index contributed by atoms with van der Waals surface area (Å²) in [5.41, 5.74) is 12.2. The van der Waals surface area contributed by atoms with Gasteiger partial charge in [-0.3, -0.25) is 15.0 Å². The maximum atomic E-state index is 5.45. The highest BCUT2D eigenvalue weighted by Crippen LogP contribution is 2.55. The van der Waals surface area contributed by atoms with Gasteiger partial charge in [-0.25, -0.2) is 15.0 Å². The lowest BCUT2D eigenvalue weighted by atomic mass is 9.78. The largest absolute Gasteiger partial charge is 0.256 e. The lowest BCUT2D eigenvalue weighted by molar-refractivity contribution is 1.04. The van der Waals surface area contributed by atoms with E-state index in [0.717, 1.165) is 88.0 Å². The number of benzene rings is 5. The number of para-hydroxylation sites is 3. The predicted molar refractivity (Wildman–Crippen MR) is 245 cm³/mol. The fourth-order valence-electron chi connectivity index (χ4n) is 8.59. The van der Waals surface area contributed by atoms with Crippen LogP contribution in [0.15, 0.2) is 183 Å². The molecular formula is C52H30N10. The molecule has 10 nitrogen and oxygen atoms in total. The third-order valence-electron chi connectivity index (χ3n) is 11.3. The van der Waals surface area contributed by atoms with Gasteiger partial charge in [0.1, 0.15) is 5.69 Å². The lowest BCUT2D eigenvalue weighted by Crippen LogP contribution is -2.07. The number of aromatic nitrogens is 10. The van der Waals surface area contributed by atoms with Gasteiger partial charge in [0.2, 0.25) is 0 Å². The van der Waals surface area contributed by atoms with Crippen molar-refractivity contribution >= 4 is 54.5 Å². The molecule has 7 aromatic heterocycles. The van der Waals surface area contributed by atoms with Crippen molar-refractivity contribution in [2.45, 2.75) is 0 Å². The molecule has 0 aliphatic rings. The van der Waals surface area contributed by atoms with Crippen molar-refractivity contribution in [2.24, 2.45) is 0 Å². The monoisotopic (exact) mass is 794 g/mol. The van der Waals surface area contributed by atoms with E-state index < -0.39 is 0 Å². The van der Waals surface area contributed by atoms with Crippen LogP contribution in [0.2, 0.25) is 0 Å². The second kappa shape index (κ2) is 14.5. The maximum Gasteiger partial charge on any atom is 0.102 e. The molecular weight excluding hydrogens is 765 g/mol. The summed E-state index contributed by atoms with van der Waals surface area (Å²) in [5, 5.41) is 23.8. The van der Waals surface area contributed by atoms with Crippen LogP contribution in [0.25, 0.3) is 122 Å². The van der Waals surface area contributed by atoms with Crippen LogP contribution in [0.3, 0.4) is 0 Å². The fraction of sp³-hybridized carbons (Fsp3) is 0. The molecule has 10 heteroatoms. The molecule has 0 radical (unpaired) electrons. The first-order valence-electron chi connectivity index (χ1n) is 20.1. The smallest absolute Gasteiger partial charge is 0.102 e. The van der Waals surface area contributed by atoms with Crippen molar-refractivity contribution in [1.29, 1.82) is 0 Å². The molecule has 12 aromatic rings. The summed E-state index contributed by atoms with van der Waals surface area (Å²) in [6.07, 6.45) is 8.94. The van der Waals surface area contributed by atoms with Gasteiger partial charge in [0, 0.05) is 73.5 Å². The minimum Gasteiger partial charge on any atom is -0.256 e. The van der Waals surface area contributed by atoms with Gasteiger partial charge in [0.25, 0.3) is 0 Å². The molecule has 0 fully saturated rings. The molecule has 0 amide bonds. The molecule has 0 saturated carbocycles. The molecule has 288 valence electrons. The highest BCUT2D eigenvalue weighted by Gasteiger charge is 2.34. The van der Waals surface area contributed by atoms with Gasteiger partial charge in [0.05, 0.1) is 68.4 Å². The first kappa shape index (κ1) is 35.2. The van der Waals surface area contributed by atoms with Crippen LogP contribution in [-0.2, 0) is 0 Å².